The van der Waals surface area contributed by atoms with Gasteiger partial charge in [0.1, 0.15) is 23.4 Å². The lowest BCUT2D eigenvalue weighted by Crippen LogP contribution is -2.49. The van der Waals surface area contributed by atoms with Gasteiger partial charge in [0.2, 0.25) is 5.71 Å². The molecule has 8 heteroatoms. The number of anilines is 2. The third-order valence-electron chi connectivity index (χ3n) is 5.38. The summed E-state index contributed by atoms with van der Waals surface area (Å²) in [5, 5.41) is 6.39. The summed E-state index contributed by atoms with van der Waals surface area (Å²) in [7, 11) is 0. The Balaban J connectivity index is 1.62. The fraction of sp³-hybridized carbons (Fsp3) is 0.476. The zero-order chi connectivity index (χ0) is 20.8. The monoisotopic (exact) mass is 400 g/mol. The van der Waals surface area contributed by atoms with E-state index in [0.29, 0.717) is 30.1 Å². The number of rotatable bonds is 5. The van der Waals surface area contributed by atoms with E-state index in [1.165, 1.54) is 12.4 Å². The summed E-state index contributed by atoms with van der Waals surface area (Å²) in [5.41, 5.74) is 7.10. The number of aromatic nitrogens is 2. The predicted molar refractivity (Wildman–Crippen MR) is 108 cm³/mol. The van der Waals surface area contributed by atoms with Gasteiger partial charge in [-0.2, -0.15) is 0 Å². The molecule has 4 rings (SSSR count). The predicted octanol–water partition coefficient (Wildman–Crippen LogP) is 1.34. The maximum absolute atomic E-state index is 14.3. The Morgan fingerprint density at radius 2 is 2.00 bits per heavy atom. The van der Waals surface area contributed by atoms with Crippen molar-refractivity contribution in [2.45, 2.75) is 44.8 Å². The van der Waals surface area contributed by atoms with Gasteiger partial charge in [0.15, 0.2) is 11.6 Å². The largest absolute Gasteiger partial charge is 0.484 e. The van der Waals surface area contributed by atoms with Gasteiger partial charge in [-0.25, -0.2) is 14.4 Å². The maximum atomic E-state index is 14.3. The minimum Gasteiger partial charge on any atom is -0.484 e. The van der Waals surface area contributed by atoms with Crippen molar-refractivity contribution in [1.29, 1.82) is 0 Å². The molecule has 29 heavy (non-hydrogen) atoms. The molecular weight excluding hydrogens is 373 g/mol. The van der Waals surface area contributed by atoms with Gasteiger partial charge in [-0.05, 0) is 39.7 Å². The summed E-state index contributed by atoms with van der Waals surface area (Å²) >= 11 is 0. The normalized spacial score (nSPS) is 19.7. The number of morpholine rings is 1. The van der Waals surface area contributed by atoms with Gasteiger partial charge in [0.05, 0.1) is 17.8 Å². The van der Waals surface area contributed by atoms with Crippen LogP contribution in [0.25, 0.3) is 0 Å². The van der Waals surface area contributed by atoms with Crippen LogP contribution in [0.3, 0.4) is 0 Å². The highest BCUT2D eigenvalue weighted by atomic mass is 19.1. The van der Waals surface area contributed by atoms with Gasteiger partial charge in [0, 0.05) is 30.9 Å². The molecule has 2 aromatic rings. The van der Waals surface area contributed by atoms with Crippen LogP contribution in [-0.2, 0) is 4.74 Å². The standard InChI is InChI=1S/C21H26FN5O2/c1-20(2)11-27(6-7-28-20)18-10-16(25-12-26-18)19(24)13-8-17(14(22)9-15(13)23)29-21(3)4-5-21/h8-10,12,24H,4-7,11,23H2,1-3H3/p+1. The lowest BCUT2D eigenvalue weighted by atomic mass is 10.0. The molecule has 2 aliphatic rings. The summed E-state index contributed by atoms with van der Waals surface area (Å²) in [4.78, 5) is 10.8. The lowest BCUT2D eigenvalue weighted by molar-refractivity contribution is -0.111. The third-order valence-corrected chi connectivity index (χ3v) is 5.38. The molecule has 1 aliphatic carbocycles. The summed E-state index contributed by atoms with van der Waals surface area (Å²) in [6.07, 6.45) is 3.27. The van der Waals surface area contributed by atoms with Crippen LogP contribution < -0.4 is 20.8 Å². The fourth-order valence-corrected chi connectivity index (χ4v) is 3.44. The van der Waals surface area contributed by atoms with Crippen molar-refractivity contribution < 1.29 is 19.3 Å². The second kappa shape index (κ2) is 6.95. The highest BCUT2D eigenvalue weighted by Crippen LogP contribution is 2.41. The van der Waals surface area contributed by atoms with Gasteiger partial charge in [-0.15, -0.1) is 0 Å². The van der Waals surface area contributed by atoms with Gasteiger partial charge in [-0.3, -0.25) is 5.41 Å². The topological polar surface area (TPSA) is 99.1 Å². The van der Waals surface area contributed by atoms with Gasteiger partial charge in [-0.1, -0.05) is 0 Å². The van der Waals surface area contributed by atoms with Crippen molar-refractivity contribution in [3.63, 3.8) is 0 Å². The fourth-order valence-electron chi connectivity index (χ4n) is 3.44. The zero-order valence-electron chi connectivity index (χ0n) is 17.0. The maximum Gasteiger partial charge on any atom is 0.232 e. The van der Waals surface area contributed by atoms with Crippen molar-refractivity contribution >= 4 is 17.2 Å². The summed E-state index contributed by atoms with van der Waals surface area (Å²) in [5.74, 6) is 0.421. The lowest BCUT2D eigenvalue weighted by Gasteiger charge is -2.38. The molecule has 4 N–H and O–H groups in total. The van der Waals surface area contributed by atoms with Gasteiger partial charge >= 0.3 is 0 Å². The molecule has 0 amide bonds. The summed E-state index contributed by atoms with van der Waals surface area (Å²) in [6, 6.07) is 4.63. The number of hydrogen-bond acceptors (Lipinski definition) is 6. The second-order valence-electron chi connectivity index (χ2n) is 8.63. The van der Waals surface area contributed by atoms with E-state index in [4.69, 9.17) is 20.6 Å². The van der Waals surface area contributed by atoms with Gasteiger partial charge in [0.25, 0.3) is 0 Å². The molecule has 1 aromatic carbocycles. The smallest absolute Gasteiger partial charge is 0.232 e. The van der Waals surface area contributed by atoms with E-state index in [9.17, 15) is 4.39 Å². The molecule has 0 spiro atoms. The van der Waals surface area contributed by atoms with Crippen LogP contribution in [0.5, 0.6) is 5.75 Å². The molecule has 154 valence electrons. The van der Waals surface area contributed by atoms with E-state index >= 15 is 0 Å². The van der Waals surface area contributed by atoms with Crippen molar-refractivity contribution in [3.8, 4) is 5.75 Å². The van der Waals surface area contributed by atoms with E-state index in [1.807, 2.05) is 26.8 Å². The minimum absolute atomic E-state index is 0.154. The molecular formula is C21H27FN5O2+. The Morgan fingerprint density at radius 3 is 2.69 bits per heavy atom. The SMILES string of the molecule is CC1(C)CN(c2cc(C(=[NH2+])c3cc(OC4(C)CC4)c(F)cc3N)ncn2)CCO1. The van der Waals surface area contributed by atoms with Crippen molar-refractivity contribution in [1.82, 2.24) is 9.97 Å². The average molecular weight is 400 g/mol. The first-order valence-electron chi connectivity index (χ1n) is 9.78. The molecule has 1 aromatic heterocycles. The Kier molecular flexibility index (Phi) is 4.69. The summed E-state index contributed by atoms with van der Waals surface area (Å²) in [6.45, 7) is 8.10. The van der Waals surface area contributed by atoms with Crippen LogP contribution in [0.2, 0.25) is 0 Å². The number of nitrogens with zero attached hydrogens (tertiary/aromatic N) is 3. The molecule has 1 saturated carbocycles. The van der Waals surface area contributed by atoms with Crippen LogP contribution in [0.4, 0.5) is 15.9 Å². The minimum atomic E-state index is -0.494. The molecule has 0 radical (unpaired) electrons. The van der Waals surface area contributed by atoms with E-state index < -0.39 is 5.82 Å². The van der Waals surface area contributed by atoms with Crippen LogP contribution in [0.15, 0.2) is 24.5 Å². The molecule has 1 saturated heterocycles. The summed E-state index contributed by atoms with van der Waals surface area (Å²) < 4.78 is 25.9. The van der Waals surface area contributed by atoms with Crippen LogP contribution >= 0.6 is 0 Å². The number of hydrogen-bond donors (Lipinski definition) is 2. The Labute approximate surface area is 169 Å². The highest BCUT2D eigenvalue weighted by Gasteiger charge is 2.41. The van der Waals surface area contributed by atoms with Crippen LogP contribution in [0, 0.1) is 5.82 Å². The first-order chi connectivity index (χ1) is 13.7. The zero-order valence-corrected chi connectivity index (χ0v) is 17.0. The number of nitrogen functional groups attached to an aromatic ring is 1. The quantitative estimate of drug-likeness (QED) is 0.581. The molecule has 2 fully saturated rings. The Bertz CT molecular complexity index is 958. The number of benzene rings is 1. The first-order valence-corrected chi connectivity index (χ1v) is 9.78. The molecule has 0 bridgehead atoms. The van der Waals surface area contributed by atoms with Crippen LogP contribution in [0.1, 0.15) is 44.9 Å². The van der Waals surface area contributed by atoms with Crippen molar-refractivity contribution in [2.24, 2.45) is 0 Å². The Hall–Kier alpha value is -2.74. The van der Waals surface area contributed by atoms with E-state index in [1.54, 1.807) is 6.07 Å². The first kappa shape index (κ1) is 19.6. The van der Waals surface area contributed by atoms with E-state index in [0.717, 1.165) is 25.2 Å². The molecule has 0 unspecified atom stereocenters. The molecule has 7 nitrogen and oxygen atoms in total. The van der Waals surface area contributed by atoms with Crippen molar-refractivity contribution in [2.75, 3.05) is 30.3 Å². The second-order valence-corrected chi connectivity index (χ2v) is 8.63. The van der Waals surface area contributed by atoms with E-state index in [-0.39, 0.29) is 22.6 Å². The van der Waals surface area contributed by atoms with Gasteiger partial charge < -0.3 is 20.1 Å². The average Bonchev–Trinajstić information content (AvgIpc) is 3.40. The van der Waals surface area contributed by atoms with Crippen molar-refractivity contribution in [3.05, 3.63) is 41.6 Å². The molecule has 0 atom stereocenters. The number of nitrogens with two attached hydrogens (primary N) is 2. The van der Waals surface area contributed by atoms with Crippen LogP contribution in [-0.4, -0.2) is 46.6 Å². The number of halogens is 1. The molecule has 2 heterocycles. The molecule has 1 aliphatic heterocycles. The third kappa shape index (κ3) is 4.17. The van der Waals surface area contributed by atoms with E-state index in [2.05, 4.69) is 14.9 Å². The number of ether oxygens (including phenoxy) is 2. The Morgan fingerprint density at radius 1 is 1.24 bits per heavy atom. The highest BCUT2D eigenvalue weighted by molar-refractivity contribution is 6.11.